The van der Waals surface area contributed by atoms with E-state index in [-0.39, 0.29) is 11.8 Å². The Hall–Kier alpha value is -1.43. The summed E-state index contributed by atoms with van der Waals surface area (Å²) in [6.07, 6.45) is 8.40. The Labute approximate surface area is 118 Å². The minimum atomic E-state index is -0.459. The molecule has 1 N–H and O–H groups in total. The normalized spacial score (nSPS) is 24.6. The number of carbonyl (C=O) groups is 1. The van der Waals surface area contributed by atoms with Crippen LogP contribution in [0, 0.1) is 5.92 Å². The van der Waals surface area contributed by atoms with E-state index in [4.69, 9.17) is 0 Å². The fraction of sp³-hybridized carbons (Fsp3) is 0.786. The maximum absolute atomic E-state index is 12.2. The van der Waals surface area contributed by atoms with Crippen molar-refractivity contribution in [2.45, 2.75) is 50.7 Å². The predicted molar refractivity (Wildman–Crippen MR) is 72.7 cm³/mol. The van der Waals surface area contributed by atoms with E-state index in [1.807, 2.05) is 4.90 Å². The fourth-order valence-electron chi connectivity index (χ4n) is 3.08. The summed E-state index contributed by atoms with van der Waals surface area (Å²) >= 11 is 0. The summed E-state index contributed by atoms with van der Waals surface area (Å²) in [7, 11) is 0. The van der Waals surface area contributed by atoms with Crippen LogP contribution in [0.2, 0.25) is 0 Å². The monoisotopic (exact) mass is 278 g/mol. The summed E-state index contributed by atoms with van der Waals surface area (Å²) in [4.78, 5) is 18.0. The zero-order valence-electron chi connectivity index (χ0n) is 11.7. The first-order valence-corrected chi connectivity index (χ1v) is 7.50. The van der Waals surface area contributed by atoms with Gasteiger partial charge in [0.1, 0.15) is 12.7 Å². The van der Waals surface area contributed by atoms with Gasteiger partial charge >= 0.3 is 0 Å². The Morgan fingerprint density at radius 3 is 3.00 bits per heavy atom. The number of aliphatic hydroxyl groups is 1. The van der Waals surface area contributed by atoms with Crippen molar-refractivity contribution < 1.29 is 9.90 Å². The second-order valence-electron chi connectivity index (χ2n) is 6.04. The molecule has 2 fully saturated rings. The van der Waals surface area contributed by atoms with Crippen LogP contribution in [0.25, 0.3) is 0 Å². The van der Waals surface area contributed by atoms with Gasteiger partial charge in [0.05, 0.1) is 5.60 Å². The van der Waals surface area contributed by atoms with E-state index < -0.39 is 5.60 Å². The third kappa shape index (κ3) is 3.00. The molecule has 0 spiro atoms. The minimum absolute atomic E-state index is 0.207. The van der Waals surface area contributed by atoms with E-state index >= 15 is 0 Å². The van der Waals surface area contributed by atoms with E-state index in [1.54, 1.807) is 11.0 Å². The summed E-state index contributed by atoms with van der Waals surface area (Å²) in [5.41, 5.74) is -0.459. The molecule has 3 rings (SSSR count). The van der Waals surface area contributed by atoms with Gasteiger partial charge in [0, 0.05) is 32.0 Å². The highest BCUT2D eigenvalue weighted by Crippen LogP contribution is 2.45. The molecule has 0 bridgehead atoms. The number of rotatable bonds is 5. The molecule has 1 aliphatic heterocycles. The number of hydrogen-bond acceptors (Lipinski definition) is 4. The fourth-order valence-corrected chi connectivity index (χ4v) is 3.08. The van der Waals surface area contributed by atoms with Crippen molar-refractivity contribution >= 4 is 5.91 Å². The summed E-state index contributed by atoms with van der Waals surface area (Å²) in [6.45, 7) is 2.31. The average Bonchev–Trinajstić information content (AvgIpc) is 3.01. The third-order valence-corrected chi connectivity index (χ3v) is 4.54. The van der Waals surface area contributed by atoms with Crippen molar-refractivity contribution in [1.29, 1.82) is 0 Å². The number of likely N-dealkylation sites (tertiary alicyclic amines) is 1. The Morgan fingerprint density at radius 2 is 2.30 bits per heavy atom. The first-order valence-electron chi connectivity index (χ1n) is 7.50. The lowest BCUT2D eigenvalue weighted by atomic mass is 9.90. The molecule has 2 heterocycles. The van der Waals surface area contributed by atoms with Gasteiger partial charge in [0.15, 0.2) is 0 Å². The van der Waals surface area contributed by atoms with Crippen LogP contribution < -0.4 is 0 Å². The van der Waals surface area contributed by atoms with Gasteiger partial charge in [-0.15, -0.1) is 0 Å². The molecule has 1 aromatic heterocycles. The summed E-state index contributed by atoms with van der Waals surface area (Å²) in [6, 6.07) is 0. The van der Waals surface area contributed by atoms with Crippen molar-refractivity contribution in [2.24, 2.45) is 5.92 Å². The van der Waals surface area contributed by atoms with Crippen LogP contribution in [0.15, 0.2) is 12.7 Å². The van der Waals surface area contributed by atoms with E-state index in [2.05, 4.69) is 10.1 Å². The van der Waals surface area contributed by atoms with Gasteiger partial charge in [-0.3, -0.25) is 9.48 Å². The average molecular weight is 278 g/mol. The number of aromatic nitrogens is 3. The molecule has 1 aliphatic carbocycles. The van der Waals surface area contributed by atoms with Crippen molar-refractivity contribution in [2.75, 3.05) is 13.1 Å². The lowest BCUT2D eigenvalue weighted by Crippen LogP contribution is -2.44. The molecule has 1 saturated heterocycles. The zero-order chi connectivity index (χ0) is 14.0. The number of nitrogens with zero attached hydrogens (tertiary/aromatic N) is 4. The molecule has 1 atom stereocenters. The maximum atomic E-state index is 12.2. The molecule has 6 heteroatoms. The van der Waals surface area contributed by atoms with Crippen molar-refractivity contribution in [3.63, 3.8) is 0 Å². The van der Waals surface area contributed by atoms with Crippen LogP contribution in [-0.4, -0.2) is 49.4 Å². The molecular weight excluding hydrogens is 256 g/mol. The SMILES string of the molecule is O=C(CCCn1cncn1)N1CCCC(C2(O)CC2)C1. The van der Waals surface area contributed by atoms with E-state index in [1.165, 1.54) is 6.33 Å². The van der Waals surface area contributed by atoms with E-state index in [0.29, 0.717) is 6.42 Å². The van der Waals surface area contributed by atoms with Gasteiger partial charge in [-0.1, -0.05) is 0 Å². The van der Waals surface area contributed by atoms with Crippen LogP contribution in [0.3, 0.4) is 0 Å². The largest absolute Gasteiger partial charge is 0.390 e. The molecule has 2 aliphatic rings. The van der Waals surface area contributed by atoms with E-state index in [0.717, 1.165) is 51.7 Å². The Morgan fingerprint density at radius 1 is 1.45 bits per heavy atom. The van der Waals surface area contributed by atoms with Crippen LogP contribution in [0.1, 0.15) is 38.5 Å². The van der Waals surface area contributed by atoms with Crippen molar-refractivity contribution in [3.05, 3.63) is 12.7 Å². The highest BCUT2D eigenvalue weighted by atomic mass is 16.3. The molecule has 1 amide bonds. The molecule has 6 nitrogen and oxygen atoms in total. The van der Waals surface area contributed by atoms with Gasteiger partial charge in [0.25, 0.3) is 0 Å². The summed E-state index contributed by atoms with van der Waals surface area (Å²) in [5.74, 6) is 0.495. The minimum Gasteiger partial charge on any atom is -0.390 e. The second kappa shape index (κ2) is 5.52. The topological polar surface area (TPSA) is 71.2 Å². The van der Waals surface area contributed by atoms with Crippen LogP contribution in [0.4, 0.5) is 0 Å². The number of carbonyl (C=O) groups excluding carboxylic acids is 1. The summed E-state index contributed by atoms with van der Waals surface area (Å²) < 4.78 is 1.75. The Balaban J connectivity index is 1.44. The molecule has 1 unspecified atom stereocenters. The van der Waals surface area contributed by atoms with E-state index in [9.17, 15) is 9.90 Å². The van der Waals surface area contributed by atoms with Crippen molar-refractivity contribution in [1.82, 2.24) is 19.7 Å². The quantitative estimate of drug-likeness (QED) is 0.865. The lowest BCUT2D eigenvalue weighted by Gasteiger charge is -2.35. The lowest BCUT2D eigenvalue weighted by molar-refractivity contribution is -0.134. The Bertz CT molecular complexity index is 456. The van der Waals surface area contributed by atoms with Gasteiger partial charge in [0.2, 0.25) is 5.91 Å². The van der Waals surface area contributed by atoms with Crippen LogP contribution >= 0.6 is 0 Å². The summed E-state index contributed by atoms with van der Waals surface area (Å²) in [5, 5.41) is 14.2. The molecule has 20 heavy (non-hydrogen) atoms. The number of hydrogen-bond donors (Lipinski definition) is 1. The molecule has 110 valence electrons. The third-order valence-electron chi connectivity index (χ3n) is 4.54. The van der Waals surface area contributed by atoms with Gasteiger partial charge in [-0.25, -0.2) is 4.98 Å². The van der Waals surface area contributed by atoms with Crippen LogP contribution in [-0.2, 0) is 11.3 Å². The van der Waals surface area contributed by atoms with Gasteiger partial charge in [-0.05, 0) is 32.1 Å². The highest BCUT2D eigenvalue weighted by molar-refractivity contribution is 5.76. The standard InChI is InChI=1S/C14H22N4O2/c19-13(4-2-8-18-11-15-10-16-18)17-7-1-3-12(9-17)14(20)5-6-14/h10-12,20H,1-9H2. The number of amides is 1. The highest BCUT2D eigenvalue weighted by Gasteiger charge is 2.48. The zero-order valence-corrected chi connectivity index (χ0v) is 11.7. The van der Waals surface area contributed by atoms with Gasteiger partial charge in [-0.2, -0.15) is 5.10 Å². The molecule has 1 saturated carbocycles. The molecular formula is C14H22N4O2. The van der Waals surface area contributed by atoms with Crippen molar-refractivity contribution in [3.8, 4) is 0 Å². The smallest absolute Gasteiger partial charge is 0.222 e. The first-order chi connectivity index (χ1) is 9.67. The number of aryl methyl sites for hydroxylation is 1. The predicted octanol–water partition coefficient (Wildman–Crippen LogP) is 0.822. The van der Waals surface area contributed by atoms with Gasteiger partial charge < -0.3 is 10.0 Å². The molecule has 0 radical (unpaired) electrons. The first kappa shape index (κ1) is 13.5. The Kier molecular flexibility index (Phi) is 3.74. The second-order valence-corrected chi connectivity index (χ2v) is 6.04. The maximum Gasteiger partial charge on any atom is 0.222 e. The molecule has 0 aromatic carbocycles. The molecule has 1 aromatic rings. The van der Waals surface area contributed by atoms with Crippen LogP contribution in [0.5, 0.6) is 0 Å². The number of piperidine rings is 1.